The molecule has 1 rings (SSSR count). The van der Waals surface area contributed by atoms with Crippen molar-refractivity contribution in [2.75, 3.05) is 6.79 Å². The van der Waals surface area contributed by atoms with Crippen LogP contribution in [-0.4, -0.2) is 29.2 Å². The highest BCUT2D eigenvalue weighted by Crippen LogP contribution is 2.51. The Kier molecular flexibility index (Phi) is 6.82. The molecule has 0 aliphatic heterocycles. The summed E-state index contributed by atoms with van der Waals surface area (Å²) in [6, 6.07) is 0. The highest BCUT2D eigenvalue weighted by molar-refractivity contribution is 5.04. The maximum atomic E-state index is 6.46. The van der Waals surface area contributed by atoms with Gasteiger partial charge >= 0.3 is 0 Å². The van der Waals surface area contributed by atoms with Crippen molar-refractivity contribution in [2.24, 2.45) is 11.3 Å². The Labute approximate surface area is 155 Å². The van der Waals surface area contributed by atoms with E-state index in [0.29, 0.717) is 5.92 Å². The summed E-state index contributed by atoms with van der Waals surface area (Å²) < 4.78 is 12.3. The summed E-state index contributed by atoms with van der Waals surface area (Å²) in [7, 11) is 0. The standard InChI is InChI=1S/C21H42O4/c1-16-12-19(8,9)14-21(13-16,23-15-22-17(2,3)4)20(10,11)25-24-18(5,6)7/h16H,12-15H2,1-11H3. The minimum atomic E-state index is -0.590. The first-order valence-electron chi connectivity index (χ1n) is 9.62. The zero-order valence-electron chi connectivity index (χ0n) is 18.5. The molecule has 150 valence electrons. The highest BCUT2D eigenvalue weighted by atomic mass is 17.2. The van der Waals surface area contributed by atoms with Crippen LogP contribution in [0.5, 0.6) is 0 Å². The average Bonchev–Trinajstić information content (AvgIpc) is 2.31. The molecule has 0 heterocycles. The van der Waals surface area contributed by atoms with E-state index in [1.165, 1.54) is 6.42 Å². The Morgan fingerprint density at radius 2 is 1.40 bits per heavy atom. The molecule has 0 saturated heterocycles. The molecule has 0 aromatic rings. The van der Waals surface area contributed by atoms with E-state index in [1.54, 1.807) is 0 Å². The van der Waals surface area contributed by atoms with Gasteiger partial charge in [-0.15, -0.1) is 0 Å². The first-order valence-corrected chi connectivity index (χ1v) is 9.62. The zero-order chi connectivity index (χ0) is 19.7. The third-order valence-corrected chi connectivity index (χ3v) is 4.77. The van der Waals surface area contributed by atoms with Crippen LogP contribution < -0.4 is 0 Å². The Hall–Kier alpha value is -0.160. The predicted molar refractivity (Wildman–Crippen MR) is 102 cm³/mol. The molecular formula is C21H42O4. The highest BCUT2D eigenvalue weighted by Gasteiger charge is 2.55. The van der Waals surface area contributed by atoms with Crippen molar-refractivity contribution in [2.45, 2.75) is 118 Å². The first-order chi connectivity index (χ1) is 11.0. The predicted octanol–water partition coefficient (Wildman–Crippen LogP) is 5.89. The molecule has 1 aliphatic rings. The molecule has 0 aromatic heterocycles. The van der Waals surface area contributed by atoms with Gasteiger partial charge in [0.1, 0.15) is 18.0 Å². The average molecular weight is 359 g/mol. The fourth-order valence-corrected chi connectivity index (χ4v) is 3.86. The van der Waals surface area contributed by atoms with E-state index >= 15 is 0 Å². The Balaban J connectivity index is 3.05. The molecule has 1 saturated carbocycles. The smallest absolute Gasteiger partial charge is 0.148 e. The van der Waals surface area contributed by atoms with Crippen molar-refractivity contribution in [3.8, 4) is 0 Å². The van der Waals surface area contributed by atoms with Crippen molar-refractivity contribution in [1.29, 1.82) is 0 Å². The summed E-state index contributed by atoms with van der Waals surface area (Å²) in [5, 5.41) is 0. The van der Waals surface area contributed by atoms with Gasteiger partial charge in [-0.05, 0) is 86.0 Å². The number of hydrogen-bond acceptors (Lipinski definition) is 4. The van der Waals surface area contributed by atoms with Crippen LogP contribution in [0, 0.1) is 11.3 Å². The molecule has 0 spiro atoms. The normalized spacial score (nSPS) is 28.2. The lowest BCUT2D eigenvalue weighted by atomic mass is 9.61. The maximum absolute atomic E-state index is 6.46. The molecule has 2 atom stereocenters. The van der Waals surface area contributed by atoms with Crippen molar-refractivity contribution in [3.05, 3.63) is 0 Å². The summed E-state index contributed by atoms with van der Waals surface area (Å²) in [5.74, 6) is 0.552. The third kappa shape index (κ3) is 7.16. The molecule has 25 heavy (non-hydrogen) atoms. The molecule has 2 unspecified atom stereocenters. The summed E-state index contributed by atoms with van der Waals surface area (Å²) >= 11 is 0. The Morgan fingerprint density at radius 3 is 1.84 bits per heavy atom. The van der Waals surface area contributed by atoms with Gasteiger partial charge in [0.15, 0.2) is 0 Å². The third-order valence-electron chi connectivity index (χ3n) is 4.77. The second kappa shape index (κ2) is 7.46. The van der Waals surface area contributed by atoms with Crippen molar-refractivity contribution in [3.63, 3.8) is 0 Å². The van der Waals surface area contributed by atoms with Crippen LogP contribution in [0.2, 0.25) is 0 Å². The van der Waals surface area contributed by atoms with Crippen LogP contribution in [0.15, 0.2) is 0 Å². The molecule has 0 radical (unpaired) electrons. The minimum absolute atomic E-state index is 0.182. The second-order valence-electron chi connectivity index (χ2n) is 11.2. The van der Waals surface area contributed by atoms with E-state index in [-0.39, 0.29) is 23.4 Å². The monoisotopic (exact) mass is 358 g/mol. The van der Waals surface area contributed by atoms with Crippen LogP contribution in [0.1, 0.15) is 95.4 Å². The Morgan fingerprint density at radius 1 is 0.840 bits per heavy atom. The van der Waals surface area contributed by atoms with Crippen molar-refractivity contribution in [1.82, 2.24) is 0 Å². The van der Waals surface area contributed by atoms with Crippen LogP contribution in [0.25, 0.3) is 0 Å². The van der Waals surface area contributed by atoms with E-state index in [2.05, 4.69) is 34.6 Å². The van der Waals surface area contributed by atoms with E-state index < -0.39 is 11.2 Å². The largest absolute Gasteiger partial charge is 0.350 e. The maximum Gasteiger partial charge on any atom is 0.148 e. The summed E-state index contributed by atoms with van der Waals surface area (Å²) in [6.07, 6.45) is 3.04. The molecule has 0 bridgehead atoms. The fourth-order valence-electron chi connectivity index (χ4n) is 3.86. The lowest BCUT2D eigenvalue weighted by Crippen LogP contribution is -2.59. The van der Waals surface area contributed by atoms with Crippen molar-refractivity contribution < 1.29 is 19.2 Å². The number of hydrogen-bond donors (Lipinski definition) is 0. The van der Waals surface area contributed by atoms with Gasteiger partial charge in [-0.25, -0.2) is 9.78 Å². The molecule has 4 heteroatoms. The van der Waals surface area contributed by atoms with Gasteiger partial charge in [-0.1, -0.05) is 20.8 Å². The first kappa shape index (κ1) is 22.9. The number of ether oxygens (including phenoxy) is 2. The molecule has 0 amide bonds. The van der Waals surface area contributed by atoms with Crippen LogP contribution >= 0.6 is 0 Å². The molecule has 1 aliphatic carbocycles. The lowest BCUT2D eigenvalue weighted by molar-refractivity contribution is -0.433. The van der Waals surface area contributed by atoms with Gasteiger partial charge in [0, 0.05) is 0 Å². The molecule has 0 aromatic carbocycles. The van der Waals surface area contributed by atoms with Gasteiger partial charge in [-0.3, -0.25) is 0 Å². The fraction of sp³-hybridized carbons (Fsp3) is 1.00. The zero-order valence-corrected chi connectivity index (χ0v) is 18.5. The minimum Gasteiger partial charge on any atom is -0.350 e. The molecule has 4 nitrogen and oxygen atoms in total. The quantitative estimate of drug-likeness (QED) is 0.337. The van der Waals surface area contributed by atoms with Crippen LogP contribution in [0.3, 0.4) is 0 Å². The molecule has 0 N–H and O–H groups in total. The lowest BCUT2D eigenvalue weighted by Gasteiger charge is -2.54. The van der Waals surface area contributed by atoms with Gasteiger partial charge < -0.3 is 9.47 Å². The van der Waals surface area contributed by atoms with Gasteiger partial charge in [0.25, 0.3) is 0 Å². The van der Waals surface area contributed by atoms with E-state index in [9.17, 15) is 0 Å². The molecule has 1 fully saturated rings. The van der Waals surface area contributed by atoms with E-state index in [4.69, 9.17) is 19.2 Å². The second-order valence-corrected chi connectivity index (χ2v) is 11.2. The summed E-state index contributed by atoms with van der Waals surface area (Å²) in [5.41, 5.74) is -1.46. The summed E-state index contributed by atoms with van der Waals surface area (Å²) in [4.78, 5) is 11.7. The van der Waals surface area contributed by atoms with Crippen molar-refractivity contribution >= 4 is 0 Å². The SMILES string of the molecule is CC1CC(C)(C)CC(OCOC(C)(C)C)(C(C)(C)OOC(C)(C)C)C1. The van der Waals surface area contributed by atoms with Gasteiger partial charge in [0.05, 0.1) is 11.2 Å². The van der Waals surface area contributed by atoms with E-state index in [1.807, 2.05) is 41.5 Å². The van der Waals surface area contributed by atoms with Gasteiger partial charge in [0.2, 0.25) is 0 Å². The topological polar surface area (TPSA) is 36.9 Å². The van der Waals surface area contributed by atoms with Gasteiger partial charge in [-0.2, -0.15) is 0 Å². The summed E-state index contributed by atoms with van der Waals surface area (Å²) in [6.45, 7) is 23.4. The number of rotatable bonds is 6. The van der Waals surface area contributed by atoms with Crippen LogP contribution in [-0.2, 0) is 19.2 Å². The van der Waals surface area contributed by atoms with Crippen LogP contribution in [0.4, 0.5) is 0 Å². The molecular weight excluding hydrogens is 316 g/mol. The van der Waals surface area contributed by atoms with E-state index in [0.717, 1.165) is 12.8 Å². The Bertz CT molecular complexity index is 428.